The van der Waals surface area contributed by atoms with Crippen LogP contribution in [0.25, 0.3) is 0 Å². The van der Waals surface area contributed by atoms with Crippen molar-refractivity contribution >= 4 is 5.84 Å². The van der Waals surface area contributed by atoms with Crippen LogP contribution in [0.15, 0.2) is 12.1 Å². The SMILES string of the molecule is CC(C)Oc1c(C(=N)N)ccc(F)c1F. The Morgan fingerprint density at radius 2 is 2.00 bits per heavy atom. The second-order valence-corrected chi connectivity index (χ2v) is 3.32. The molecule has 15 heavy (non-hydrogen) atoms. The Hall–Kier alpha value is -1.65. The molecule has 0 heterocycles. The average molecular weight is 214 g/mol. The Morgan fingerprint density at radius 1 is 1.40 bits per heavy atom. The zero-order valence-electron chi connectivity index (χ0n) is 8.47. The van der Waals surface area contributed by atoms with Crippen molar-refractivity contribution in [2.75, 3.05) is 0 Å². The molecule has 0 atom stereocenters. The predicted molar refractivity (Wildman–Crippen MR) is 53.1 cm³/mol. The van der Waals surface area contributed by atoms with Gasteiger partial charge in [-0.25, -0.2) is 4.39 Å². The highest BCUT2D eigenvalue weighted by atomic mass is 19.2. The molecule has 0 aliphatic heterocycles. The molecule has 3 N–H and O–H groups in total. The number of hydrogen-bond acceptors (Lipinski definition) is 2. The minimum Gasteiger partial charge on any atom is -0.487 e. The summed E-state index contributed by atoms with van der Waals surface area (Å²) in [6.07, 6.45) is -0.320. The summed E-state index contributed by atoms with van der Waals surface area (Å²) in [5.74, 6) is -2.80. The van der Waals surface area contributed by atoms with Gasteiger partial charge in [-0.1, -0.05) is 0 Å². The van der Waals surface area contributed by atoms with Gasteiger partial charge in [-0.2, -0.15) is 4.39 Å². The van der Waals surface area contributed by atoms with Crippen molar-refractivity contribution in [1.29, 1.82) is 5.41 Å². The summed E-state index contributed by atoms with van der Waals surface area (Å²) in [6.45, 7) is 3.35. The second-order valence-electron chi connectivity index (χ2n) is 3.32. The van der Waals surface area contributed by atoms with Crippen molar-refractivity contribution in [3.05, 3.63) is 29.3 Å². The summed E-state index contributed by atoms with van der Waals surface area (Å²) in [6, 6.07) is 2.14. The van der Waals surface area contributed by atoms with Gasteiger partial charge in [0.1, 0.15) is 5.84 Å². The Labute approximate surface area is 86.4 Å². The van der Waals surface area contributed by atoms with Crippen LogP contribution in [0, 0.1) is 17.0 Å². The van der Waals surface area contributed by atoms with Gasteiger partial charge in [0.25, 0.3) is 0 Å². The Kier molecular flexibility index (Phi) is 3.24. The summed E-state index contributed by atoms with van der Waals surface area (Å²) in [5.41, 5.74) is 5.28. The predicted octanol–water partition coefficient (Wildman–Crippen LogP) is 2.04. The van der Waals surface area contributed by atoms with Gasteiger partial charge >= 0.3 is 0 Å². The summed E-state index contributed by atoms with van der Waals surface area (Å²) < 4.78 is 31.3. The molecule has 0 spiro atoms. The van der Waals surface area contributed by atoms with E-state index in [1.807, 2.05) is 0 Å². The molecule has 0 radical (unpaired) electrons. The molecule has 0 bridgehead atoms. The molecular formula is C10H12F2N2O. The molecular weight excluding hydrogens is 202 g/mol. The van der Waals surface area contributed by atoms with E-state index >= 15 is 0 Å². The van der Waals surface area contributed by atoms with Crippen LogP contribution < -0.4 is 10.5 Å². The van der Waals surface area contributed by atoms with Crippen molar-refractivity contribution in [2.24, 2.45) is 5.73 Å². The molecule has 5 heteroatoms. The van der Waals surface area contributed by atoms with Crippen LogP contribution in [0.1, 0.15) is 19.4 Å². The van der Waals surface area contributed by atoms with E-state index in [4.69, 9.17) is 15.9 Å². The fourth-order valence-corrected chi connectivity index (χ4v) is 1.10. The standard InChI is InChI=1S/C10H12F2N2O/c1-5(2)15-9-6(10(13)14)3-4-7(11)8(9)12/h3-5H,1-2H3,(H3,13,14). The van der Waals surface area contributed by atoms with E-state index in [2.05, 4.69) is 0 Å². The quantitative estimate of drug-likeness (QED) is 0.597. The average Bonchev–Trinajstić information content (AvgIpc) is 2.12. The van der Waals surface area contributed by atoms with E-state index in [-0.39, 0.29) is 23.3 Å². The summed E-state index contributed by atoms with van der Waals surface area (Å²) in [4.78, 5) is 0. The molecule has 0 aliphatic carbocycles. The lowest BCUT2D eigenvalue weighted by molar-refractivity contribution is 0.227. The van der Waals surface area contributed by atoms with Gasteiger partial charge in [0, 0.05) is 0 Å². The molecule has 0 saturated carbocycles. The normalized spacial score (nSPS) is 10.5. The van der Waals surface area contributed by atoms with Gasteiger partial charge in [-0.05, 0) is 26.0 Å². The van der Waals surface area contributed by atoms with Crippen LogP contribution >= 0.6 is 0 Å². The molecule has 0 aromatic heterocycles. The summed E-state index contributed by atoms with van der Waals surface area (Å²) in [5, 5.41) is 7.20. The van der Waals surface area contributed by atoms with Crippen LogP contribution in [0.3, 0.4) is 0 Å². The van der Waals surface area contributed by atoms with E-state index < -0.39 is 11.6 Å². The zero-order chi connectivity index (χ0) is 11.6. The van der Waals surface area contributed by atoms with Crippen LogP contribution in [0.5, 0.6) is 5.75 Å². The maximum absolute atomic E-state index is 13.3. The Bertz CT molecular complexity index is 391. The van der Waals surface area contributed by atoms with Crippen molar-refractivity contribution < 1.29 is 13.5 Å². The van der Waals surface area contributed by atoms with Gasteiger partial charge in [0.05, 0.1) is 11.7 Å². The Balaban J connectivity index is 3.28. The van der Waals surface area contributed by atoms with E-state index in [1.54, 1.807) is 13.8 Å². The molecule has 1 aromatic rings. The smallest absolute Gasteiger partial charge is 0.201 e. The van der Waals surface area contributed by atoms with Gasteiger partial charge in [-0.15, -0.1) is 0 Å². The van der Waals surface area contributed by atoms with Gasteiger partial charge in [0.2, 0.25) is 5.82 Å². The third-order valence-corrected chi connectivity index (χ3v) is 1.69. The summed E-state index contributed by atoms with van der Waals surface area (Å²) in [7, 11) is 0. The van der Waals surface area contributed by atoms with E-state index in [1.165, 1.54) is 6.07 Å². The molecule has 0 aliphatic rings. The molecule has 0 saturated heterocycles. The number of nitrogens with one attached hydrogen (secondary N) is 1. The fourth-order valence-electron chi connectivity index (χ4n) is 1.10. The number of nitrogens with two attached hydrogens (primary N) is 1. The van der Waals surface area contributed by atoms with Gasteiger partial charge in [-0.3, -0.25) is 5.41 Å². The fraction of sp³-hybridized carbons (Fsp3) is 0.300. The number of ether oxygens (including phenoxy) is 1. The highest BCUT2D eigenvalue weighted by Gasteiger charge is 2.17. The minimum atomic E-state index is -1.11. The number of nitrogen functional groups attached to an aromatic ring is 1. The number of halogens is 2. The minimum absolute atomic E-state index is 0.0580. The first-order valence-corrected chi connectivity index (χ1v) is 4.42. The number of rotatable bonds is 3. The second kappa shape index (κ2) is 4.25. The van der Waals surface area contributed by atoms with Gasteiger partial charge < -0.3 is 10.5 Å². The maximum atomic E-state index is 13.3. The van der Waals surface area contributed by atoms with Crippen LogP contribution in [-0.2, 0) is 0 Å². The number of benzene rings is 1. The monoisotopic (exact) mass is 214 g/mol. The largest absolute Gasteiger partial charge is 0.487 e. The van der Waals surface area contributed by atoms with Crippen molar-refractivity contribution in [1.82, 2.24) is 0 Å². The third-order valence-electron chi connectivity index (χ3n) is 1.69. The molecule has 1 aromatic carbocycles. The molecule has 0 amide bonds. The highest BCUT2D eigenvalue weighted by Crippen LogP contribution is 2.25. The lowest BCUT2D eigenvalue weighted by Gasteiger charge is -2.14. The van der Waals surface area contributed by atoms with E-state index in [9.17, 15) is 8.78 Å². The summed E-state index contributed by atoms with van der Waals surface area (Å²) >= 11 is 0. The first-order chi connectivity index (χ1) is 6.93. The molecule has 82 valence electrons. The van der Waals surface area contributed by atoms with Gasteiger partial charge in [0.15, 0.2) is 11.6 Å². The van der Waals surface area contributed by atoms with Crippen molar-refractivity contribution in [3.8, 4) is 5.75 Å². The molecule has 0 unspecified atom stereocenters. The maximum Gasteiger partial charge on any atom is 0.201 e. The molecule has 0 fully saturated rings. The van der Waals surface area contributed by atoms with Crippen molar-refractivity contribution in [2.45, 2.75) is 20.0 Å². The van der Waals surface area contributed by atoms with E-state index in [0.717, 1.165) is 6.07 Å². The topological polar surface area (TPSA) is 59.1 Å². The Morgan fingerprint density at radius 3 is 2.47 bits per heavy atom. The third kappa shape index (κ3) is 2.43. The number of amidine groups is 1. The lowest BCUT2D eigenvalue weighted by Crippen LogP contribution is -2.17. The lowest BCUT2D eigenvalue weighted by atomic mass is 10.1. The highest BCUT2D eigenvalue weighted by molar-refractivity contribution is 5.97. The molecule has 3 nitrogen and oxygen atoms in total. The zero-order valence-corrected chi connectivity index (χ0v) is 8.47. The first kappa shape index (κ1) is 11.4. The number of hydrogen-bond donors (Lipinski definition) is 2. The molecule has 1 rings (SSSR count). The van der Waals surface area contributed by atoms with Crippen LogP contribution in [0.4, 0.5) is 8.78 Å². The van der Waals surface area contributed by atoms with E-state index in [0.29, 0.717) is 0 Å². The van der Waals surface area contributed by atoms with Crippen molar-refractivity contribution in [3.63, 3.8) is 0 Å². The van der Waals surface area contributed by atoms with Crippen LogP contribution in [0.2, 0.25) is 0 Å². The first-order valence-electron chi connectivity index (χ1n) is 4.42. The van der Waals surface area contributed by atoms with Crippen LogP contribution in [-0.4, -0.2) is 11.9 Å².